The number of fused-ring (bicyclic) bond motifs is 2. The number of hydrogen-bond donors (Lipinski definition) is 5. The molecule has 0 amide bonds. The van der Waals surface area contributed by atoms with Crippen LogP contribution < -0.4 is 56.0 Å². The third-order valence-corrected chi connectivity index (χ3v) is 8.24. The number of rotatable bonds is 11. The summed E-state index contributed by atoms with van der Waals surface area (Å²) in [6, 6.07) is 5.98. The van der Waals surface area contributed by atoms with Crippen molar-refractivity contribution in [3.8, 4) is 35.2 Å². The molecule has 5 rings (SSSR count). The number of aromatic nitrogens is 5. The van der Waals surface area contributed by atoms with Crippen LogP contribution >= 0.6 is 24.0 Å². The molecule has 0 unspecified atom stereocenters. The second kappa shape index (κ2) is 42.8. The van der Waals surface area contributed by atoms with E-state index in [1.165, 1.54) is 38.6 Å². The zero-order valence-electron chi connectivity index (χ0n) is 44.1. The maximum atomic E-state index is 13.5. The van der Waals surface area contributed by atoms with Crippen LogP contribution in [0.4, 0.5) is 70.2 Å². The Bertz CT molecular complexity index is 2800. The molecule has 81 heavy (non-hydrogen) atoms. The van der Waals surface area contributed by atoms with Crippen LogP contribution in [0.3, 0.4) is 0 Å². The van der Waals surface area contributed by atoms with E-state index in [4.69, 9.17) is 54.1 Å². The Balaban J connectivity index is -0.000000183. The van der Waals surface area contributed by atoms with Gasteiger partial charge in [0.2, 0.25) is 0 Å². The number of ether oxygens (including phenoxy) is 2. The molecule has 0 fully saturated rings. The number of methoxy groups -OCH3 is 2. The van der Waals surface area contributed by atoms with E-state index >= 15 is 0 Å². The Morgan fingerprint density at radius 3 is 1.58 bits per heavy atom. The summed E-state index contributed by atoms with van der Waals surface area (Å²) in [5, 5.41) is 38.4. The van der Waals surface area contributed by atoms with Crippen molar-refractivity contribution in [3.05, 3.63) is 86.1 Å². The summed E-state index contributed by atoms with van der Waals surface area (Å²) >= 11 is 5.27. The molecule has 5 aromatic rings. The Labute approximate surface area is 486 Å². The minimum absolute atomic E-state index is 0. The Kier molecular flexibility index (Phi) is 44.3. The van der Waals surface area contributed by atoms with Crippen molar-refractivity contribution in [2.24, 2.45) is 16.2 Å². The van der Waals surface area contributed by atoms with E-state index in [9.17, 15) is 84.6 Å². The van der Waals surface area contributed by atoms with Crippen molar-refractivity contribution >= 4 is 53.0 Å². The minimum atomic E-state index is -5.02. The number of oxime groups is 2. The topological polar surface area (TPSA) is 262 Å². The summed E-state index contributed by atoms with van der Waals surface area (Å²) in [7, 11) is 1.64. The number of halogens is 18. The first-order valence-electron chi connectivity index (χ1n) is 21.5. The molecule has 0 atom stereocenters. The van der Waals surface area contributed by atoms with E-state index in [0.717, 1.165) is 39.8 Å². The van der Waals surface area contributed by atoms with Crippen LogP contribution in [0, 0.1) is 12.3 Å². The number of nitrogens with two attached hydrogens (primary N) is 1. The van der Waals surface area contributed by atoms with Gasteiger partial charge in [-0.25, -0.2) is 15.9 Å². The number of aliphatic hydroxyl groups excluding tert-OH is 1. The molecule has 0 aliphatic rings. The number of terminal acetylenes is 1. The second-order valence-corrected chi connectivity index (χ2v) is 14.1. The zero-order valence-corrected chi connectivity index (χ0v) is 45.7. The van der Waals surface area contributed by atoms with Crippen molar-refractivity contribution < 1.29 is 142 Å². The Morgan fingerprint density at radius 2 is 1.25 bits per heavy atom. The molecule has 458 valence electrons. The van der Waals surface area contributed by atoms with Crippen molar-refractivity contribution in [3.63, 3.8) is 0 Å². The molecule has 5 heterocycles. The molecule has 0 aliphatic carbocycles. The van der Waals surface area contributed by atoms with E-state index in [1.807, 2.05) is 6.92 Å². The van der Waals surface area contributed by atoms with Gasteiger partial charge < -0.3 is 40.9 Å². The van der Waals surface area contributed by atoms with Gasteiger partial charge in [0.15, 0.2) is 17.1 Å². The summed E-state index contributed by atoms with van der Waals surface area (Å²) in [6.45, 7) is 3.90. The number of hydrogen-bond acceptors (Lipinski definition) is 16. The molecule has 0 aliphatic heterocycles. The third-order valence-electron chi connectivity index (χ3n) is 7.98. The maximum Gasteiger partial charge on any atom is 1.00 e. The third kappa shape index (κ3) is 34.8. The second-order valence-electron chi connectivity index (χ2n) is 13.6. The van der Waals surface area contributed by atoms with Crippen molar-refractivity contribution in [1.82, 2.24) is 23.9 Å². The van der Waals surface area contributed by atoms with Crippen molar-refractivity contribution in [2.45, 2.75) is 104 Å². The SMILES string of the molecule is C.C#Cc1c(C(F)(F)F)nc2cc(OC)ccn2c1=O.CCCC(Cl)=NO.CCO.COc1ccn2c(=O)c(-c3cc(CCC(F)(F)F)no3)c(C(F)(F)F)nc2c1.Cl.NO.O=CCCC(F)(F)F.ON=CCCC(F)(F)F.[2H]CF.[H-].[Na+]. The van der Waals surface area contributed by atoms with Crippen LogP contribution in [0.25, 0.3) is 22.6 Å². The van der Waals surface area contributed by atoms with Crippen LogP contribution in [-0.4, -0.2) is 109 Å². The van der Waals surface area contributed by atoms with Gasteiger partial charge in [0.05, 0.1) is 34.9 Å². The zero-order chi connectivity index (χ0) is 62.0. The van der Waals surface area contributed by atoms with Gasteiger partial charge in [-0.3, -0.25) is 22.8 Å². The van der Waals surface area contributed by atoms with Crippen LogP contribution in [0.2, 0.25) is 0 Å². The molecule has 6 N–H and O–H groups in total. The number of aldehydes is 1. The first kappa shape index (κ1) is 83.9. The molecule has 0 bridgehead atoms. The van der Waals surface area contributed by atoms with Gasteiger partial charge in [-0.2, -0.15) is 65.9 Å². The predicted molar refractivity (Wildman–Crippen MR) is 262 cm³/mol. The van der Waals surface area contributed by atoms with Crippen LogP contribution in [-0.2, 0) is 23.6 Å². The van der Waals surface area contributed by atoms with Gasteiger partial charge in [-0.05, 0) is 31.9 Å². The van der Waals surface area contributed by atoms with Gasteiger partial charge in [-0.1, -0.05) is 42.2 Å². The maximum absolute atomic E-state index is 13.5. The molecule has 0 saturated carbocycles. The average molecular weight is 1250 g/mol. The summed E-state index contributed by atoms with van der Waals surface area (Å²) in [6.07, 6.45) is -17.0. The van der Waals surface area contributed by atoms with Gasteiger partial charge in [0, 0.05) is 75.5 Å². The standard InChI is InChI=1S/C16H11F6N3O3.C12H7F3N2O2.C4H8ClNO.C4H6F3NO.C4H5F3O.C2H6O.CH3F.CH4.ClH.H3NO.Na.H/c1-27-9-3-5-25-11(7-9)23-13(16(20,21)22)12(14(25)26)10-6-8(24-28-10)2-4-15(17,18)19;1-3-8-10(12(13,14)15)16-9-6-7(19-2)4-5-17(9)11(8)18;1-2-3-4(5)6-7;5-4(6,7)2-1-3-8-9;5-4(6,7)2-1-3-8;1-2-3;1-2;;;1-2;;/h3,5-7H,2,4H2,1H3;1,4-6H,2H3;7H,2-3H2,1H3;3,9H,1-2H2;3H,1-2H2;3H,2H2,1H3;1H3;1H4;1H;2H,1H2;;/q;;;;;;;;;;+1;-1/i;;;;;;1D;;;;;. The molecular formula is C44H55Cl2F16N8NaO10. The monoisotopic (exact) mass is 1250 g/mol. The summed E-state index contributed by atoms with van der Waals surface area (Å²) in [5.74, 6) is 5.09. The van der Waals surface area contributed by atoms with Crippen LogP contribution in [0.1, 0.15) is 91.7 Å². The number of nitrogens with zero attached hydrogens (tertiary/aromatic N) is 7. The van der Waals surface area contributed by atoms with E-state index in [-0.39, 0.29) is 104 Å². The normalized spacial score (nSPS) is 11.1. The number of carbonyl (C=O) groups is 1. The number of aliphatic hydroxyl groups is 1. The molecule has 37 heteroatoms. The smallest absolute Gasteiger partial charge is 1.00 e. The Morgan fingerprint density at radius 1 is 0.827 bits per heavy atom. The molecule has 0 spiro atoms. The van der Waals surface area contributed by atoms with Crippen LogP contribution in [0.5, 0.6) is 11.5 Å². The van der Waals surface area contributed by atoms with Gasteiger partial charge >= 0.3 is 60.4 Å². The molecule has 0 radical (unpaired) electrons. The quantitative estimate of drug-likeness (QED) is 0.0157. The summed E-state index contributed by atoms with van der Waals surface area (Å²) in [5.41, 5.74) is -7.46. The van der Waals surface area contributed by atoms with Gasteiger partial charge in [0.1, 0.15) is 45.4 Å². The fraction of sp³-hybridized carbons (Fsp3) is 0.455. The van der Waals surface area contributed by atoms with E-state index in [0.29, 0.717) is 6.42 Å². The number of aryl methyl sites for hydroxylation is 1. The molecule has 18 nitrogen and oxygen atoms in total. The molecule has 5 aromatic heterocycles. The summed E-state index contributed by atoms with van der Waals surface area (Å²) in [4.78, 5) is 40.7. The average Bonchev–Trinajstić information content (AvgIpc) is 3.84. The fourth-order valence-corrected chi connectivity index (χ4v) is 5.03. The fourth-order valence-electron chi connectivity index (χ4n) is 4.84. The van der Waals surface area contributed by atoms with E-state index in [1.54, 1.807) is 12.8 Å². The minimum Gasteiger partial charge on any atom is -1.00 e. The first-order valence-corrected chi connectivity index (χ1v) is 21.2. The number of pyridine rings is 2. The Hall–Kier alpha value is -5.96. The predicted octanol–water partition coefficient (Wildman–Crippen LogP) is 8.80. The number of alkyl halides is 16. The summed E-state index contributed by atoms with van der Waals surface area (Å²) < 4.78 is 214. The van der Waals surface area contributed by atoms with Gasteiger partial charge in [-0.15, -0.1) is 24.0 Å². The first-order chi connectivity index (χ1) is 36.6. The molecule has 0 saturated heterocycles. The van der Waals surface area contributed by atoms with E-state index in [2.05, 4.69) is 31.3 Å². The van der Waals surface area contributed by atoms with Crippen molar-refractivity contribution in [1.29, 1.82) is 0 Å². The largest absolute Gasteiger partial charge is 1.00 e. The van der Waals surface area contributed by atoms with Gasteiger partial charge in [0.25, 0.3) is 11.1 Å². The van der Waals surface area contributed by atoms with Crippen molar-refractivity contribution in [2.75, 3.05) is 28.0 Å². The van der Waals surface area contributed by atoms with Crippen LogP contribution in [0.15, 0.2) is 67.1 Å². The van der Waals surface area contributed by atoms with E-state index < -0.39 is 110 Å². The molecule has 0 aromatic carbocycles. The molecular weight excluding hydrogens is 1200 g/mol. The number of carbonyl (C=O) groups excluding carboxylic acids is 1.